The molecule has 158 valence electrons. The molecule has 7 nitrogen and oxygen atoms in total. The normalized spacial score (nSPS) is 17.7. The molecule has 1 atom stereocenters. The summed E-state index contributed by atoms with van der Waals surface area (Å²) in [5.41, 5.74) is 1.05. The first-order valence-electron chi connectivity index (χ1n) is 9.77. The van der Waals surface area contributed by atoms with Crippen molar-refractivity contribution in [3.8, 4) is 5.75 Å². The van der Waals surface area contributed by atoms with Crippen LogP contribution < -0.4 is 10.1 Å². The van der Waals surface area contributed by atoms with Crippen LogP contribution in [0, 0.1) is 11.8 Å². The molecule has 1 N–H and O–H groups in total. The quantitative estimate of drug-likeness (QED) is 0.713. The number of ether oxygens (including phenoxy) is 1. The molecule has 1 saturated heterocycles. The van der Waals surface area contributed by atoms with Gasteiger partial charge in [0.2, 0.25) is 5.91 Å². The number of methoxy groups -OCH3 is 1. The maximum atomic E-state index is 12.9. The van der Waals surface area contributed by atoms with Crippen molar-refractivity contribution >= 4 is 16.1 Å². The van der Waals surface area contributed by atoms with Gasteiger partial charge in [-0.2, -0.15) is 17.0 Å². The van der Waals surface area contributed by atoms with E-state index < -0.39 is 10.2 Å². The van der Waals surface area contributed by atoms with Gasteiger partial charge in [0.05, 0.1) is 13.2 Å². The van der Waals surface area contributed by atoms with Gasteiger partial charge in [0, 0.05) is 33.1 Å². The lowest BCUT2D eigenvalue weighted by molar-refractivity contribution is -0.127. The largest absolute Gasteiger partial charge is 0.497 e. The fourth-order valence-electron chi connectivity index (χ4n) is 3.46. The van der Waals surface area contributed by atoms with Crippen LogP contribution in [0.25, 0.3) is 0 Å². The van der Waals surface area contributed by atoms with Crippen LogP contribution in [0.15, 0.2) is 24.3 Å². The van der Waals surface area contributed by atoms with Gasteiger partial charge in [0.25, 0.3) is 10.2 Å². The summed E-state index contributed by atoms with van der Waals surface area (Å²) in [6.45, 7) is 5.01. The Bertz CT molecular complexity index is 739. The molecule has 1 aliphatic heterocycles. The standard InChI is InChI=1S/C20H33N3O4S/c1-15(2)14-19(16-6-8-18(27-5)9-7-16)21-20(24)17-10-12-23(13-11-17)28(25,26)22(3)4/h6-9,15,17,19H,10-14H2,1-5H3,(H,21,24)/t19-/m1/s1. The van der Waals surface area contributed by atoms with Gasteiger partial charge in [-0.1, -0.05) is 26.0 Å². The smallest absolute Gasteiger partial charge is 0.281 e. The molecule has 1 aromatic carbocycles. The second kappa shape index (κ2) is 9.71. The molecule has 0 bridgehead atoms. The first kappa shape index (κ1) is 22.6. The maximum Gasteiger partial charge on any atom is 0.281 e. The van der Waals surface area contributed by atoms with E-state index in [1.165, 1.54) is 22.7 Å². The Morgan fingerprint density at radius 3 is 2.25 bits per heavy atom. The van der Waals surface area contributed by atoms with Crippen LogP contribution in [0.2, 0.25) is 0 Å². The number of piperidine rings is 1. The van der Waals surface area contributed by atoms with Crippen molar-refractivity contribution in [2.75, 3.05) is 34.3 Å². The van der Waals surface area contributed by atoms with Crippen LogP contribution in [0.3, 0.4) is 0 Å². The summed E-state index contributed by atoms with van der Waals surface area (Å²) >= 11 is 0. The van der Waals surface area contributed by atoms with Crippen LogP contribution in [-0.2, 0) is 15.0 Å². The third kappa shape index (κ3) is 5.68. The Labute approximate surface area is 169 Å². The molecule has 1 heterocycles. The lowest BCUT2D eigenvalue weighted by Crippen LogP contribution is -2.47. The SMILES string of the molecule is COc1ccc([C@@H](CC(C)C)NC(=O)C2CCN(S(=O)(=O)N(C)C)CC2)cc1. The number of nitrogens with one attached hydrogen (secondary N) is 1. The molecule has 8 heteroatoms. The predicted molar refractivity (Wildman–Crippen MR) is 110 cm³/mol. The van der Waals surface area contributed by atoms with Gasteiger partial charge in [0.15, 0.2) is 0 Å². The number of carbonyl (C=O) groups is 1. The van der Waals surface area contributed by atoms with Crippen LogP contribution in [0.5, 0.6) is 5.75 Å². The molecule has 2 rings (SSSR count). The van der Waals surface area contributed by atoms with Gasteiger partial charge < -0.3 is 10.1 Å². The van der Waals surface area contributed by atoms with Crippen LogP contribution in [0.4, 0.5) is 0 Å². The summed E-state index contributed by atoms with van der Waals surface area (Å²) in [7, 11) is 1.27. The number of benzene rings is 1. The minimum atomic E-state index is -3.41. The van der Waals surface area contributed by atoms with Gasteiger partial charge in [-0.15, -0.1) is 0 Å². The molecule has 0 unspecified atom stereocenters. The lowest BCUT2D eigenvalue weighted by Gasteiger charge is -2.33. The predicted octanol–water partition coefficient (Wildman–Crippen LogP) is 2.42. The highest BCUT2D eigenvalue weighted by Gasteiger charge is 2.33. The molecule has 0 radical (unpaired) electrons. The second-order valence-electron chi connectivity index (χ2n) is 7.93. The van der Waals surface area contributed by atoms with Crippen LogP contribution in [0.1, 0.15) is 44.7 Å². The van der Waals surface area contributed by atoms with E-state index in [9.17, 15) is 13.2 Å². The van der Waals surface area contributed by atoms with E-state index in [1.54, 1.807) is 7.11 Å². The highest BCUT2D eigenvalue weighted by molar-refractivity contribution is 7.86. The van der Waals surface area contributed by atoms with E-state index >= 15 is 0 Å². The highest BCUT2D eigenvalue weighted by atomic mass is 32.2. The van der Waals surface area contributed by atoms with Crippen molar-refractivity contribution in [3.05, 3.63) is 29.8 Å². The summed E-state index contributed by atoms with van der Waals surface area (Å²) in [6, 6.07) is 7.71. The molecule has 0 saturated carbocycles. The number of hydrogen-bond donors (Lipinski definition) is 1. The Hall–Kier alpha value is -1.64. The molecule has 0 spiro atoms. The summed E-state index contributed by atoms with van der Waals surface area (Å²) < 4.78 is 32.4. The Morgan fingerprint density at radius 1 is 1.21 bits per heavy atom. The molecule has 0 aliphatic carbocycles. The van der Waals surface area contributed by atoms with Crippen molar-refractivity contribution in [3.63, 3.8) is 0 Å². The fourth-order valence-corrected chi connectivity index (χ4v) is 4.59. The van der Waals surface area contributed by atoms with Crippen molar-refractivity contribution in [2.24, 2.45) is 11.8 Å². The Kier molecular flexibility index (Phi) is 7.86. The zero-order valence-electron chi connectivity index (χ0n) is 17.5. The van der Waals surface area contributed by atoms with E-state index in [1.807, 2.05) is 24.3 Å². The second-order valence-corrected chi connectivity index (χ2v) is 10.1. The van der Waals surface area contributed by atoms with Crippen molar-refractivity contribution in [1.82, 2.24) is 13.9 Å². The first-order valence-corrected chi connectivity index (χ1v) is 11.2. The van der Waals surface area contributed by atoms with E-state index in [0.717, 1.165) is 17.7 Å². The zero-order chi connectivity index (χ0) is 20.9. The van der Waals surface area contributed by atoms with E-state index in [-0.39, 0.29) is 17.9 Å². The Morgan fingerprint density at radius 2 is 1.79 bits per heavy atom. The number of nitrogens with zero attached hydrogens (tertiary/aromatic N) is 2. The molecule has 1 aliphatic rings. The molecule has 1 aromatic rings. The van der Waals surface area contributed by atoms with E-state index in [0.29, 0.717) is 31.8 Å². The molecular formula is C20H33N3O4S. The zero-order valence-corrected chi connectivity index (χ0v) is 18.3. The van der Waals surface area contributed by atoms with Crippen LogP contribution >= 0.6 is 0 Å². The average molecular weight is 412 g/mol. The van der Waals surface area contributed by atoms with Crippen molar-refractivity contribution < 1.29 is 17.9 Å². The van der Waals surface area contributed by atoms with Gasteiger partial charge in [0.1, 0.15) is 5.75 Å². The van der Waals surface area contributed by atoms with Crippen LogP contribution in [-0.4, -0.2) is 57.2 Å². The number of hydrogen-bond acceptors (Lipinski definition) is 4. The highest BCUT2D eigenvalue weighted by Crippen LogP contribution is 2.26. The summed E-state index contributed by atoms with van der Waals surface area (Å²) in [5, 5.41) is 3.19. The number of rotatable bonds is 8. The molecule has 1 fully saturated rings. The fraction of sp³-hybridized carbons (Fsp3) is 0.650. The van der Waals surface area contributed by atoms with Gasteiger partial charge in [-0.05, 0) is 42.9 Å². The van der Waals surface area contributed by atoms with E-state index in [2.05, 4.69) is 19.2 Å². The molecule has 28 heavy (non-hydrogen) atoms. The average Bonchev–Trinajstić information content (AvgIpc) is 2.67. The third-order valence-electron chi connectivity index (χ3n) is 5.15. The number of amides is 1. The van der Waals surface area contributed by atoms with E-state index in [4.69, 9.17) is 4.74 Å². The summed E-state index contributed by atoms with van der Waals surface area (Å²) in [5.74, 6) is 1.05. The minimum Gasteiger partial charge on any atom is -0.497 e. The van der Waals surface area contributed by atoms with Gasteiger partial charge in [-0.25, -0.2) is 0 Å². The Balaban J connectivity index is 2.02. The summed E-state index contributed by atoms with van der Waals surface area (Å²) in [4.78, 5) is 12.9. The lowest BCUT2D eigenvalue weighted by atomic mass is 9.93. The minimum absolute atomic E-state index is 0.00312. The van der Waals surface area contributed by atoms with Crippen molar-refractivity contribution in [1.29, 1.82) is 0 Å². The topological polar surface area (TPSA) is 79.0 Å². The molecular weight excluding hydrogens is 378 g/mol. The van der Waals surface area contributed by atoms with Gasteiger partial charge >= 0.3 is 0 Å². The number of carbonyl (C=O) groups excluding carboxylic acids is 1. The van der Waals surface area contributed by atoms with Crippen molar-refractivity contribution in [2.45, 2.75) is 39.2 Å². The van der Waals surface area contributed by atoms with Gasteiger partial charge in [-0.3, -0.25) is 4.79 Å². The molecule has 1 amide bonds. The maximum absolute atomic E-state index is 12.9. The summed E-state index contributed by atoms with van der Waals surface area (Å²) in [6.07, 6.45) is 1.91. The first-order chi connectivity index (χ1) is 13.1. The molecule has 0 aromatic heterocycles. The monoisotopic (exact) mass is 411 g/mol. The third-order valence-corrected chi connectivity index (χ3v) is 7.09.